The number of hydrogen-bond donors (Lipinski definition) is 2. The summed E-state index contributed by atoms with van der Waals surface area (Å²) in [6.45, 7) is 1.54. The minimum Gasteiger partial charge on any atom is -0.480 e. The fourth-order valence-corrected chi connectivity index (χ4v) is 2.22. The molecule has 2 aromatic rings. The van der Waals surface area contributed by atoms with E-state index >= 15 is 0 Å². The number of hydrogen-bond acceptors (Lipinski definition) is 3. The summed E-state index contributed by atoms with van der Waals surface area (Å²) < 4.78 is 44.0. The first-order chi connectivity index (χ1) is 11.8. The van der Waals surface area contributed by atoms with E-state index in [1.54, 1.807) is 0 Å². The van der Waals surface area contributed by atoms with Crippen molar-refractivity contribution in [2.75, 3.05) is 6.54 Å². The number of amides is 1. The van der Waals surface area contributed by atoms with Crippen LogP contribution >= 0.6 is 0 Å². The molecule has 0 heterocycles. The molecule has 0 fully saturated rings. The maximum absolute atomic E-state index is 12.9. The SMILES string of the molecule is CC(Oc1ccccc1C(F)(F)F)C(=O)NCC(N)c1ccccc1. The third kappa shape index (κ3) is 5.22. The van der Waals surface area contributed by atoms with Crippen LogP contribution in [0.1, 0.15) is 24.1 Å². The van der Waals surface area contributed by atoms with Crippen molar-refractivity contribution in [2.45, 2.75) is 25.2 Å². The summed E-state index contributed by atoms with van der Waals surface area (Å²) in [5.74, 6) is -0.923. The highest BCUT2D eigenvalue weighted by Gasteiger charge is 2.34. The molecule has 2 atom stereocenters. The average molecular weight is 352 g/mol. The molecule has 0 aliphatic carbocycles. The number of para-hydroxylation sites is 1. The highest BCUT2D eigenvalue weighted by Crippen LogP contribution is 2.36. The lowest BCUT2D eigenvalue weighted by Crippen LogP contribution is -2.40. The molecule has 1 amide bonds. The highest BCUT2D eigenvalue weighted by molar-refractivity contribution is 5.80. The largest absolute Gasteiger partial charge is 0.480 e. The molecule has 0 aromatic heterocycles. The standard InChI is InChI=1S/C18H19F3N2O2/c1-12(25-16-10-6-5-9-14(16)18(19,20)21)17(24)23-11-15(22)13-7-3-2-4-8-13/h2-10,12,15H,11,22H2,1H3,(H,23,24). The first-order valence-corrected chi connectivity index (χ1v) is 7.70. The number of carbonyl (C=O) groups is 1. The molecule has 0 aliphatic rings. The Balaban J connectivity index is 1.95. The molecule has 2 aromatic carbocycles. The number of nitrogens with two attached hydrogens (primary N) is 1. The molecule has 3 N–H and O–H groups in total. The van der Waals surface area contributed by atoms with Gasteiger partial charge in [0, 0.05) is 12.6 Å². The van der Waals surface area contributed by atoms with Gasteiger partial charge in [0.2, 0.25) is 0 Å². The van der Waals surface area contributed by atoms with Gasteiger partial charge in [-0.1, -0.05) is 42.5 Å². The third-order valence-corrected chi connectivity index (χ3v) is 3.59. The van der Waals surface area contributed by atoms with Crippen LogP contribution in [0.15, 0.2) is 54.6 Å². The molecule has 0 bridgehead atoms. The molecule has 4 nitrogen and oxygen atoms in total. The maximum Gasteiger partial charge on any atom is 0.419 e. The van der Waals surface area contributed by atoms with E-state index < -0.39 is 29.8 Å². The lowest BCUT2D eigenvalue weighted by Gasteiger charge is -2.19. The Bertz CT molecular complexity index is 705. The summed E-state index contributed by atoms with van der Waals surface area (Å²) in [7, 11) is 0. The number of alkyl halides is 3. The van der Waals surface area contributed by atoms with Gasteiger partial charge < -0.3 is 15.8 Å². The predicted octanol–water partition coefficient (Wildman–Crippen LogP) is 3.29. The molecule has 0 spiro atoms. The minimum absolute atomic E-state index is 0.150. The summed E-state index contributed by atoms with van der Waals surface area (Å²) in [5.41, 5.74) is 5.90. The van der Waals surface area contributed by atoms with Crippen molar-refractivity contribution in [3.8, 4) is 5.75 Å². The summed E-state index contributed by atoms with van der Waals surface area (Å²) >= 11 is 0. The normalized spacial score (nSPS) is 13.8. The summed E-state index contributed by atoms with van der Waals surface area (Å²) in [5, 5.41) is 2.59. The number of nitrogens with one attached hydrogen (secondary N) is 1. The van der Waals surface area contributed by atoms with E-state index in [1.165, 1.54) is 25.1 Å². The summed E-state index contributed by atoms with van der Waals surface area (Å²) in [6.07, 6.45) is -5.64. The van der Waals surface area contributed by atoms with Gasteiger partial charge in [0.15, 0.2) is 6.10 Å². The van der Waals surface area contributed by atoms with Gasteiger partial charge in [0.25, 0.3) is 5.91 Å². The molecule has 0 saturated carbocycles. The van der Waals surface area contributed by atoms with Crippen LogP contribution in [0.5, 0.6) is 5.75 Å². The number of carbonyl (C=O) groups excluding carboxylic acids is 1. The topological polar surface area (TPSA) is 64.3 Å². The predicted molar refractivity (Wildman–Crippen MR) is 87.9 cm³/mol. The fourth-order valence-electron chi connectivity index (χ4n) is 2.22. The van der Waals surface area contributed by atoms with Crippen molar-refractivity contribution < 1.29 is 22.7 Å². The summed E-state index contributed by atoms with van der Waals surface area (Å²) in [4.78, 5) is 12.1. The number of benzene rings is 2. The monoisotopic (exact) mass is 352 g/mol. The molecule has 0 aliphatic heterocycles. The van der Waals surface area contributed by atoms with Gasteiger partial charge >= 0.3 is 6.18 Å². The summed E-state index contributed by atoms with van der Waals surface area (Å²) in [6, 6.07) is 13.5. The van der Waals surface area contributed by atoms with Gasteiger partial charge in [0.05, 0.1) is 5.56 Å². The Morgan fingerprint density at radius 1 is 1.12 bits per heavy atom. The van der Waals surface area contributed by atoms with E-state index in [0.717, 1.165) is 11.6 Å². The minimum atomic E-state index is -4.55. The second-order valence-corrected chi connectivity index (χ2v) is 5.52. The van der Waals surface area contributed by atoms with Crippen LogP contribution in [0, 0.1) is 0 Å². The van der Waals surface area contributed by atoms with Gasteiger partial charge in [0.1, 0.15) is 5.75 Å². The van der Waals surface area contributed by atoms with E-state index in [9.17, 15) is 18.0 Å². The van der Waals surface area contributed by atoms with E-state index in [0.29, 0.717) is 0 Å². The van der Waals surface area contributed by atoms with E-state index in [-0.39, 0.29) is 12.3 Å². The second-order valence-electron chi connectivity index (χ2n) is 5.52. The van der Waals surface area contributed by atoms with Gasteiger partial charge in [-0.2, -0.15) is 13.2 Å². The first-order valence-electron chi connectivity index (χ1n) is 7.70. The van der Waals surface area contributed by atoms with E-state index in [4.69, 9.17) is 10.5 Å². The molecule has 7 heteroatoms. The van der Waals surface area contributed by atoms with Crippen LogP contribution in [-0.4, -0.2) is 18.6 Å². The number of rotatable bonds is 6. The Morgan fingerprint density at radius 3 is 2.36 bits per heavy atom. The molecule has 0 saturated heterocycles. The van der Waals surface area contributed by atoms with Crippen molar-refractivity contribution in [3.63, 3.8) is 0 Å². The second kappa shape index (κ2) is 8.02. The highest BCUT2D eigenvalue weighted by atomic mass is 19.4. The number of ether oxygens (including phenoxy) is 1. The van der Waals surface area contributed by atoms with Crippen LogP contribution in [0.4, 0.5) is 13.2 Å². The zero-order valence-corrected chi connectivity index (χ0v) is 13.6. The molecular formula is C18H19F3N2O2. The van der Waals surface area contributed by atoms with Crippen molar-refractivity contribution in [1.29, 1.82) is 0 Å². The van der Waals surface area contributed by atoms with Crippen molar-refractivity contribution >= 4 is 5.91 Å². The Hall–Kier alpha value is -2.54. The van der Waals surface area contributed by atoms with Crippen molar-refractivity contribution in [1.82, 2.24) is 5.32 Å². The van der Waals surface area contributed by atoms with Gasteiger partial charge in [-0.05, 0) is 24.6 Å². The molecule has 2 rings (SSSR count). The quantitative estimate of drug-likeness (QED) is 0.838. The molecule has 25 heavy (non-hydrogen) atoms. The zero-order valence-electron chi connectivity index (χ0n) is 13.6. The maximum atomic E-state index is 12.9. The smallest absolute Gasteiger partial charge is 0.419 e. The van der Waals surface area contributed by atoms with Crippen molar-refractivity contribution in [2.24, 2.45) is 5.73 Å². The molecule has 0 radical (unpaired) electrons. The van der Waals surface area contributed by atoms with Gasteiger partial charge in [-0.25, -0.2) is 0 Å². The van der Waals surface area contributed by atoms with E-state index in [1.807, 2.05) is 30.3 Å². The Morgan fingerprint density at radius 2 is 1.72 bits per heavy atom. The average Bonchev–Trinajstić information content (AvgIpc) is 2.59. The van der Waals surface area contributed by atoms with Crippen LogP contribution < -0.4 is 15.8 Å². The lowest BCUT2D eigenvalue weighted by atomic mass is 10.1. The zero-order chi connectivity index (χ0) is 18.4. The molecular weight excluding hydrogens is 333 g/mol. The lowest BCUT2D eigenvalue weighted by molar-refractivity contribution is -0.140. The van der Waals surface area contributed by atoms with Gasteiger partial charge in [-0.3, -0.25) is 4.79 Å². The number of halogens is 3. The molecule has 2 unspecified atom stereocenters. The van der Waals surface area contributed by atoms with E-state index in [2.05, 4.69) is 5.32 Å². The Kier molecular flexibility index (Phi) is 6.03. The fraction of sp³-hybridized carbons (Fsp3) is 0.278. The van der Waals surface area contributed by atoms with Crippen LogP contribution in [0.2, 0.25) is 0 Å². The molecule has 134 valence electrons. The van der Waals surface area contributed by atoms with Crippen molar-refractivity contribution in [3.05, 3.63) is 65.7 Å². The third-order valence-electron chi connectivity index (χ3n) is 3.59. The van der Waals surface area contributed by atoms with Gasteiger partial charge in [-0.15, -0.1) is 0 Å². The first kappa shape index (κ1) is 18.8. The van der Waals surface area contributed by atoms with Crippen LogP contribution in [0.3, 0.4) is 0 Å². The van der Waals surface area contributed by atoms with Crippen LogP contribution in [0.25, 0.3) is 0 Å². The Labute approximate surface area is 143 Å². The van der Waals surface area contributed by atoms with Crippen LogP contribution in [-0.2, 0) is 11.0 Å².